The van der Waals surface area contributed by atoms with E-state index in [1.54, 1.807) is 0 Å². The molecule has 2 aromatic heterocycles. The molecule has 0 atom stereocenters. The monoisotopic (exact) mass is 703 g/mol. The lowest BCUT2D eigenvalue weighted by atomic mass is 10.1. The normalized spacial score (nSPS) is 11.9. The topological polar surface area (TPSA) is 171 Å². The van der Waals surface area contributed by atoms with Gasteiger partial charge in [0.2, 0.25) is 25.8 Å². The van der Waals surface area contributed by atoms with E-state index in [9.17, 15) is 31.2 Å². The summed E-state index contributed by atoms with van der Waals surface area (Å²) in [6.07, 6.45) is 0.941. The van der Waals surface area contributed by atoms with E-state index < -0.39 is 31.8 Å². The summed E-state index contributed by atoms with van der Waals surface area (Å²) in [6.45, 7) is -0.678. The van der Waals surface area contributed by atoms with Crippen molar-refractivity contribution in [3.63, 3.8) is 0 Å². The van der Waals surface area contributed by atoms with Crippen molar-refractivity contribution in [3.05, 3.63) is 69.5 Å². The second-order valence-electron chi connectivity index (χ2n) is 8.38. The molecule has 0 radical (unpaired) electrons. The Balaban J connectivity index is 1.72. The van der Waals surface area contributed by atoms with Crippen molar-refractivity contribution in [1.29, 1.82) is 0 Å². The minimum atomic E-state index is -4.13. The first kappa shape index (κ1) is 29.7. The minimum Gasteiger partial charge on any atom is -0.437 e. The fourth-order valence-electron chi connectivity index (χ4n) is 3.90. The molecule has 0 spiro atoms. The predicted octanol–water partition coefficient (Wildman–Crippen LogP) is 3.14. The summed E-state index contributed by atoms with van der Waals surface area (Å²) >= 11 is 1.86. The van der Waals surface area contributed by atoms with Crippen LogP contribution >= 0.6 is 22.6 Å². The molecule has 0 saturated heterocycles. The lowest BCUT2D eigenvalue weighted by Gasteiger charge is -2.22. The number of carbonyl (C=O) groups excluding carboxylic acids is 1. The SMILES string of the molecule is CNC(=O)c1c(-c2ccc(F)cc2)oc2nc(N(CCNS(=O)(=O)c3ccccc3NO)S(C)(=O)=O)c(I)cc12. The fraction of sp³-hybridized carbons (Fsp3) is 0.167. The van der Waals surface area contributed by atoms with Crippen LogP contribution < -0.4 is 19.8 Å². The number of nitrogens with one attached hydrogen (secondary N) is 3. The highest BCUT2D eigenvalue weighted by atomic mass is 127. The van der Waals surface area contributed by atoms with Crippen LogP contribution in [0.3, 0.4) is 0 Å². The number of aromatic nitrogens is 1. The number of amides is 1. The molecule has 0 aliphatic carbocycles. The van der Waals surface area contributed by atoms with Crippen LogP contribution in [0.25, 0.3) is 22.4 Å². The van der Waals surface area contributed by atoms with Crippen molar-refractivity contribution >= 4 is 71.1 Å². The van der Waals surface area contributed by atoms with Gasteiger partial charge in [-0.3, -0.25) is 19.8 Å². The summed E-state index contributed by atoms with van der Waals surface area (Å²) in [5.74, 6) is -0.901. The number of furan rings is 1. The van der Waals surface area contributed by atoms with Crippen LogP contribution in [0.2, 0.25) is 0 Å². The minimum absolute atomic E-state index is 0.0462. The van der Waals surface area contributed by atoms with E-state index in [0.717, 1.165) is 10.6 Å². The number of rotatable bonds is 10. The third-order valence-corrected chi connectivity index (χ3v) is 9.19. The molecule has 212 valence electrons. The molecule has 4 rings (SSSR count). The summed E-state index contributed by atoms with van der Waals surface area (Å²) in [7, 11) is -6.66. The number of pyridine rings is 1. The Kier molecular flexibility index (Phi) is 8.64. The van der Waals surface area contributed by atoms with Crippen molar-refractivity contribution in [2.75, 3.05) is 36.2 Å². The molecular weight excluding hydrogens is 680 g/mol. The number of sulfonamides is 2. The summed E-state index contributed by atoms with van der Waals surface area (Å²) in [5.41, 5.74) is 2.25. The van der Waals surface area contributed by atoms with Crippen LogP contribution in [0, 0.1) is 9.39 Å². The molecule has 0 aliphatic heterocycles. The molecule has 0 aliphatic rings. The Labute approximate surface area is 242 Å². The van der Waals surface area contributed by atoms with Gasteiger partial charge in [-0.2, -0.15) is 4.98 Å². The van der Waals surface area contributed by atoms with Crippen molar-refractivity contribution in [2.24, 2.45) is 0 Å². The second kappa shape index (κ2) is 11.7. The number of hydrogen-bond donors (Lipinski definition) is 4. The summed E-state index contributed by atoms with van der Waals surface area (Å²) in [5, 5.41) is 12.1. The molecule has 12 nitrogen and oxygen atoms in total. The maximum Gasteiger partial charge on any atom is 0.255 e. The summed E-state index contributed by atoms with van der Waals surface area (Å²) < 4.78 is 74.0. The molecule has 0 saturated carbocycles. The van der Waals surface area contributed by atoms with Gasteiger partial charge in [-0.25, -0.2) is 25.9 Å². The van der Waals surface area contributed by atoms with E-state index in [0.29, 0.717) is 14.5 Å². The molecule has 4 N–H and O–H groups in total. The number of carbonyl (C=O) groups is 1. The Hall–Kier alpha value is -3.32. The van der Waals surface area contributed by atoms with Crippen LogP contribution in [0.5, 0.6) is 0 Å². The van der Waals surface area contributed by atoms with Gasteiger partial charge in [0, 0.05) is 25.7 Å². The zero-order chi connectivity index (χ0) is 29.2. The number of hydrogen-bond acceptors (Lipinski definition) is 9. The smallest absolute Gasteiger partial charge is 0.255 e. The van der Waals surface area contributed by atoms with Crippen molar-refractivity contribution in [2.45, 2.75) is 4.90 Å². The zero-order valence-electron chi connectivity index (χ0n) is 21.0. The van der Waals surface area contributed by atoms with E-state index in [2.05, 4.69) is 15.0 Å². The number of para-hydroxylation sites is 1. The first-order valence-electron chi connectivity index (χ1n) is 11.4. The second-order valence-corrected chi connectivity index (χ2v) is 13.2. The van der Waals surface area contributed by atoms with E-state index in [4.69, 9.17) is 4.42 Å². The molecule has 2 aromatic carbocycles. The van der Waals surface area contributed by atoms with Crippen molar-refractivity contribution in [3.8, 4) is 11.3 Å². The Morgan fingerprint density at radius 3 is 2.42 bits per heavy atom. The molecule has 40 heavy (non-hydrogen) atoms. The molecule has 0 bridgehead atoms. The standard InChI is InChI=1S/C24H23FIN5O7S2/c1-27-23(32)20-16-13-17(26)22(29-24(16)38-21(20)14-7-9-15(25)10-8-14)31(39(2,34)35)12-11-28-40(36,37)19-6-4-3-5-18(19)30-33/h3-10,13,28,30,33H,11-12H2,1-2H3,(H,27,32). The summed E-state index contributed by atoms with van der Waals surface area (Å²) in [6, 6.07) is 12.4. The maximum absolute atomic E-state index is 13.5. The molecule has 0 fully saturated rings. The number of fused-ring (bicyclic) bond motifs is 1. The molecule has 16 heteroatoms. The molecule has 0 unspecified atom stereocenters. The highest BCUT2D eigenvalue weighted by Gasteiger charge is 2.28. The van der Waals surface area contributed by atoms with E-state index in [1.807, 2.05) is 28.1 Å². The molecule has 2 heterocycles. The number of benzene rings is 2. The number of halogens is 2. The first-order chi connectivity index (χ1) is 18.9. The summed E-state index contributed by atoms with van der Waals surface area (Å²) in [4.78, 5) is 16.9. The fourth-order valence-corrected chi connectivity index (χ4v) is 6.84. The van der Waals surface area contributed by atoms with Gasteiger partial charge >= 0.3 is 0 Å². The van der Waals surface area contributed by atoms with Crippen LogP contribution in [-0.2, 0) is 20.0 Å². The van der Waals surface area contributed by atoms with Crippen LogP contribution in [-0.4, -0.2) is 59.3 Å². The van der Waals surface area contributed by atoms with Gasteiger partial charge in [0.1, 0.15) is 16.5 Å². The van der Waals surface area contributed by atoms with Gasteiger partial charge in [0.25, 0.3) is 5.91 Å². The quantitative estimate of drug-likeness (QED) is 0.143. The third kappa shape index (κ3) is 6.04. The van der Waals surface area contributed by atoms with Crippen molar-refractivity contribution in [1.82, 2.24) is 15.0 Å². The number of anilines is 2. The van der Waals surface area contributed by atoms with Crippen LogP contribution in [0.4, 0.5) is 15.9 Å². The van der Waals surface area contributed by atoms with E-state index in [1.165, 1.54) is 61.6 Å². The Bertz CT molecular complexity index is 1800. The van der Waals surface area contributed by atoms with Gasteiger partial charge < -0.3 is 9.73 Å². The average molecular weight is 704 g/mol. The Morgan fingerprint density at radius 2 is 1.80 bits per heavy atom. The largest absolute Gasteiger partial charge is 0.437 e. The van der Waals surface area contributed by atoms with Gasteiger partial charge in [0.15, 0.2) is 5.82 Å². The third-order valence-electron chi connectivity index (χ3n) is 5.72. The average Bonchev–Trinajstić information content (AvgIpc) is 3.28. The molecule has 4 aromatic rings. The van der Waals surface area contributed by atoms with Gasteiger partial charge in [-0.05, 0) is 65.1 Å². The predicted molar refractivity (Wildman–Crippen MR) is 155 cm³/mol. The van der Waals surface area contributed by atoms with Gasteiger partial charge in [0.05, 0.1) is 26.5 Å². The van der Waals surface area contributed by atoms with Crippen LogP contribution in [0.15, 0.2) is 63.9 Å². The zero-order valence-corrected chi connectivity index (χ0v) is 24.8. The first-order valence-corrected chi connectivity index (χ1v) is 15.9. The van der Waals surface area contributed by atoms with Gasteiger partial charge in [-0.1, -0.05) is 12.1 Å². The lowest BCUT2D eigenvalue weighted by molar-refractivity contribution is 0.0964. The molecular formula is C24H23FIN5O7S2. The maximum atomic E-state index is 13.5. The van der Waals surface area contributed by atoms with E-state index >= 15 is 0 Å². The lowest BCUT2D eigenvalue weighted by Crippen LogP contribution is -2.39. The molecule has 1 amide bonds. The van der Waals surface area contributed by atoms with E-state index in [-0.39, 0.29) is 46.5 Å². The highest BCUT2D eigenvalue weighted by molar-refractivity contribution is 14.1. The Morgan fingerprint density at radius 1 is 1.12 bits per heavy atom. The van der Waals surface area contributed by atoms with Crippen LogP contribution in [0.1, 0.15) is 10.4 Å². The highest BCUT2D eigenvalue weighted by Crippen LogP contribution is 2.36. The van der Waals surface area contributed by atoms with Crippen molar-refractivity contribution < 1.29 is 35.6 Å². The number of nitrogens with zero attached hydrogens (tertiary/aromatic N) is 2. The van der Waals surface area contributed by atoms with Gasteiger partial charge in [-0.15, -0.1) is 0 Å².